The van der Waals surface area contributed by atoms with Crippen LogP contribution in [0, 0.1) is 5.92 Å². The predicted octanol–water partition coefficient (Wildman–Crippen LogP) is 1.70. The molecule has 4 heteroatoms. The molecule has 3 unspecified atom stereocenters. The first-order chi connectivity index (χ1) is 5.81. The van der Waals surface area contributed by atoms with Gasteiger partial charge in [0.15, 0.2) is 0 Å². The molecular weight excluding hydrogens is 238 g/mol. The topological polar surface area (TPSA) is 35.2 Å². The summed E-state index contributed by atoms with van der Waals surface area (Å²) in [5, 5.41) is 0.696. The number of ether oxygens (including phenoxy) is 1. The van der Waals surface area contributed by atoms with E-state index < -0.39 is 0 Å². The molecule has 0 bridgehead atoms. The smallest absolute Gasteiger partial charge is 0.0771 e. The Morgan fingerprint density at radius 2 is 2.58 bits per heavy atom. The molecule has 0 aromatic carbocycles. The van der Waals surface area contributed by atoms with Crippen molar-refractivity contribution >= 4 is 27.7 Å². The molecule has 3 atom stereocenters. The van der Waals surface area contributed by atoms with Crippen molar-refractivity contribution < 1.29 is 4.74 Å². The van der Waals surface area contributed by atoms with Gasteiger partial charge in [-0.3, -0.25) is 0 Å². The van der Waals surface area contributed by atoms with Gasteiger partial charge in [-0.2, -0.15) is 0 Å². The zero-order chi connectivity index (χ0) is 8.55. The van der Waals surface area contributed by atoms with Crippen LogP contribution in [0.4, 0.5) is 0 Å². The first-order valence-electron chi connectivity index (χ1n) is 4.17. The minimum atomic E-state index is 0.242. The van der Waals surface area contributed by atoms with Crippen molar-refractivity contribution in [3.63, 3.8) is 0 Å². The van der Waals surface area contributed by atoms with E-state index in [0.717, 1.165) is 13.0 Å². The first kappa shape index (κ1) is 9.06. The molecule has 0 aromatic heterocycles. The molecule has 0 radical (unpaired) electrons. The Labute approximate surface area is 85.0 Å². The van der Waals surface area contributed by atoms with Crippen LogP contribution < -0.4 is 5.73 Å². The molecule has 0 spiro atoms. The third-order valence-corrected chi connectivity index (χ3v) is 4.45. The van der Waals surface area contributed by atoms with E-state index in [9.17, 15) is 0 Å². The van der Waals surface area contributed by atoms with Crippen molar-refractivity contribution in [1.29, 1.82) is 0 Å². The van der Waals surface area contributed by atoms with Gasteiger partial charge in [0, 0.05) is 28.1 Å². The number of nitrogens with two attached hydrogens (primary N) is 1. The second-order valence-electron chi connectivity index (χ2n) is 3.14. The van der Waals surface area contributed by atoms with E-state index in [0.29, 0.717) is 17.7 Å². The molecule has 2 N–H and O–H groups in total. The summed E-state index contributed by atoms with van der Waals surface area (Å²) in [5.41, 5.74) is 5.63. The monoisotopic (exact) mass is 249 g/mol. The molecule has 2 rings (SSSR count). The molecule has 2 aliphatic rings. The third kappa shape index (κ3) is 1.58. The Morgan fingerprint density at radius 3 is 3.33 bits per heavy atom. The van der Waals surface area contributed by atoms with Crippen molar-refractivity contribution in [2.75, 3.05) is 13.2 Å². The SMILES string of the molecule is NCC1OCCC2SC(Br)=CC12. The van der Waals surface area contributed by atoms with E-state index in [1.807, 2.05) is 11.8 Å². The highest BCUT2D eigenvalue weighted by atomic mass is 79.9. The van der Waals surface area contributed by atoms with E-state index in [4.69, 9.17) is 10.5 Å². The van der Waals surface area contributed by atoms with Gasteiger partial charge in [0.05, 0.1) is 6.10 Å². The summed E-state index contributed by atoms with van der Waals surface area (Å²) in [6.45, 7) is 1.50. The van der Waals surface area contributed by atoms with Gasteiger partial charge in [0.1, 0.15) is 0 Å². The largest absolute Gasteiger partial charge is 0.376 e. The minimum absolute atomic E-state index is 0.242. The van der Waals surface area contributed by atoms with Crippen molar-refractivity contribution in [3.8, 4) is 0 Å². The van der Waals surface area contributed by atoms with E-state index >= 15 is 0 Å². The minimum Gasteiger partial charge on any atom is -0.376 e. The Bertz CT molecular complexity index is 209. The summed E-state index contributed by atoms with van der Waals surface area (Å²) in [6.07, 6.45) is 3.63. The van der Waals surface area contributed by atoms with E-state index in [-0.39, 0.29) is 6.10 Å². The lowest BCUT2D eigenvalue weighted by Gasteiger charge is -2.31. The Morgan fingerprint density at radius 1 is 1.75 bits per heavy atom. The highest BCUT2D eigenvalue weighted by molar-refractivity contribution is 9.14. The lowest BCUT2D eigenvalue weighted by Crippen LogP contribution is -2.40. The molecule has 1 fully saturated rings. The molecular formula is C8H12BrNOS. The van der Waals surface area contributed by atoms with Crippen molar-refractivity contribution in [3.05, 3.63) is 9.89 Å². The van der Waals surface area contributed by atoms with Gasteiger partial charge in [-0.25, -0.2) is 0 Å². The van der Waals surface area contributed by atoms with Gasteiger partial charge >= 0.3 is 0 Å². The Hall–Kier alpha value is 0.490. The third-order valence-electron chi connectivity index (χ3n) is 2.41. The zero-order valence-electron chi connectivity index (χ0n) is 6.70. The second-order valence-corrected chi connectivity index (χ2v) is 5.80. The predicted molar refractivity (Wildman–Crippen MR) is 55.3 cm³/mol. The maximum Gasteiger partial charge on any atom is 0.0771 e. The highest BCUT2D eigenvalue weighted by Crippen LogP contribution is 2.45. The van der Waals surface area contributed by atoms with Gasteiger partial charge in [-0.1, -0.05) is 6.08 Å². The summed E-state index contributed by atoms with van der Waals surface area (Å²) >= 11 is 5.42. The van der Waals surface area contributed by atoms with E-state index in [1.54, 1.807) is 0 Å². The summed E-state index contributed by atoms with van der Waals surface area (Å²) in [5.74, 6) is 0.531. The summed E-state index contributed by atoms with van der Waals surface area (Å²) in [4.78, 5) is 0. The lowest BCUT2D eigenvalue weighted by molar-refractivity contribution is -0.0000952. The zero-order valence-corrected chi connectivity index (χ0v) is 9.11. The molecule has 2 heterocycles. The molecule has 0 aliphatic carbocycles. The molecule has 2 aliphatic heterocycles. The molecule has 0 saturated carbocycles. The maximum atomic E-state index is 5.63. The average molecular weight is 250 g/mol. The van der Waals surface area contributed by atoms with Gasteiger partial charge < -0.3 is 10.5 Å². The average Bonchev–Trinajstić information content (AvgIpc) is 2.44. The first-order valence-corrected chi connectivity index (χ1v) is 5.84. The fourth-order valence-corrected chi connectivity index (χ4v) is 3.97. The summed E-state index contributed by atoms with van der Waals surface area (Å²) < 4.78 is 6.84. The fourth-order valence-electron chi connectivity index (χ4n) is 1.79. The van der Waals surface area contributed by atoms with Gasteiger partial charge in [-0.15, -0.1) is 11.8 Å². The normalized spacial score (nSPS) is 40.8. The van der Waals surface area contributed by atoms with Crippen LogP contribution in [0.2, 0.25) is 0 Å². The van der Waals surface area contributed by atoms with Crippen LogP contribution in [0.25, 0.3) is 0 Å². The Balaban J connectivity index is 2.10. The number of halogens is 1. The molecule has 1 saturated heterocycles. The summed E-state index contributed by atoms with van der Waals surface area (Å²) in [6, 6.07) is 0. The van der Waals surface area contributed by atoms with E-state index in [1.165, 1.54) is 3.81 Å². The van der Waals surface area contributed by atoms with Crippen LogP contribution in [0.15, 0.2) is 9.89 Å². The number of rotatable bonds is 1. The molecule has 12 heavy (non-hydrogen) atoms. The quantitative estimate of drug-likeness (QED) is 0.769. The van der Waals surface area contributed by atoms with Crippen molar-refractivity contribution in [2.45, 2.75) is 17.8 Å². The molecule has 68 valence electrons. The fraction of sp³-hybridized carbons (Fsp3) is 0.750. The maximum absolute atomic E-state index is 5.63. The van der Waals surface area contributed by atoms with Crippen LogP contribution in [-0.2, 0) is 4.74 Å². The summed E-state index contributed by atoms with van der Waals surface area (Å²) in [7, 11) is 0. The van der Waals surface area contributed by atoms with Crippen LogP contribution in [-0.4, -0.2) is 24.5 Å². The molecule has 0 amide bonds. The second kappa shape index (κ2) is 3.70. The number of thioether (sulfide) groups is 1. The lowest BCUT2D eigenvalue weighted by atomic mass is 9.94. The number of hydrogen-bond donors (Lipinski definition) is 1. The number of fused-ring (bicyclic) bond motifs is 1. The Kier molecular flexibility index (Phi) is 2.79. The standard InChI is InChI=1S/C8H12BrNOS/c9-8-3-5-6(4-10)11-2-1-7(5)12-8/h3,5-7H,1-2,4,10H2. The van der Waals surface area contributed by atoms with Crippen LogP contribution >= 0.6 is 27.7 Å². The van der Waals surface area contributed by atoms with Crippen LogP contribution in [0.1, 0.15) is 6.42 Å². The van der Waals surface area contributed by atoms with Gasteiger partial charge in [-0.05, 0) is 22.4 Å². The van der Waals surface area contributed by atoms with Crippen LogP contribution in [0.3, 0.4) is 0 Å². The van der Waals surface area contributed by atoms with Crippen molar-refractivity contribution in [1.82, 2.24) is 0 Å². The highest BCUT2D eigenvalue weighted by Gasteiger charge is 2.36. The molecule has 0 aromatic rings. The van der Waals surface area contributed by atoms with Crippen molar-refractivity contribution in [2.24, 2.45) is 11.7 Å². The molecule has 2 nitrogen and oxygen atoms in total. The number of hydrogen-bond acceptors (Lipinski definition) is 3. The van der Waals surface area contributed by atoms with E-state index in [2.05, 4.69) is 22.0 Å². The van der Waals surface area contributed by atoms with Gasteiger partial charge in [0.25, 0.3) is 0 Å². The van der Waals surface area contributed by atoms with Gasteiger partial charge in [0.2, 0.25) is 0 Å². The van der Waals surface area contributed by atoms with Crippen LogP contribution in [0.5, 0.6) is 0 Å².